The maximum Gasteiger partial charge on any atom is 0.234 e. The number of carbonyl (C=O) groups is 1. The molecule has 0 spiro atoms. The molecule has 0 aromatic heterocycles. The first-order chi connectivity index (χ1) is 17.9. The molecule has 3 N–H and O–H groups in total. The first-order valence-corrected chi connectivity index (χ1v) is 13.4. The lowest BCUT2D eigenvalue weighted by molar-refractivity contribution is -0.124. The van der Waals surface area contributed by atoms with E-state index in [0.717, 1.165) is 57.0 Å². The summed E-state index contributed by atoms with van der Waals surface area (Å²) >= 11 is 0. The standard InChI is InChI=1S/C29H41F2N3O3/c1-3-12-37-26-8-10-34(11-9-26)20-29(36)33-27(16-23-14-24(30)17-25(31)15-23)28(35)19-32-18-22-7-5-6-21(4-2)13-22/h5-7,13-15,17,26-28,32,35H,3-4,8-12,16,18-20H2,1-2H3,(H,33,36)/t27-,28+/m0/s1. The molecule has 1 fully saturated rings. The minimum absolute atomic E-state index is 0.113. The number of hydrogen-bond acceptors (Lipinski definition) is 5. The molecule has 0 saturated carbocycles. The highest BCUT2D eigenvalue weighted by molar-refractivity contribution is 5.78. The maximum absolute atomic E-state index is 13.8. The minimum atomic E-state index is -0.946. The van der Waals surface area contributed by atoms with Crippen LogP contribution in [0.4, 0.5) is 8.78 Å². The van der Waals surface area contributed by atoms with Crippen molar-refractivity contribution in [2.24, 2.45) is 0 Å². The summed E-state index contributed by atoms with van der Waals surface area (Å²) in [7, 11) is 0. The number of aliphatic hydroxyl groups excluding tert-OH is 1. The number of aryl methyl sites for hydroxylation is 1. The highest BCUT2D eigenvalue weighted by Crippen LogP contribution is 2.15. The number of rotatable bonds is 14. The molecule has 204 valence electrons. The van der Waals surface area contributed by atoms with Gasteiger partial charge in [0, 0.05) is 38.9 Å². The van der Waals surface area contributed by atoms with Crippen molar-refractivity contribution in [3.63, 3.8) is 0 Å². The lowest BCUT2D eigenvalue weighted by atomic mass is 10.00. The van der Waals surface area contributed by atoms with Gasteiger partial charge in [0.25, 0.3) is 0 Å². The summed E-state index contributed by atoms with van der Waals surface area (Å²) in [5, 5.41) is 17.1. The van der Waals surface area contributed by atoms with E-state index >= 15 is 0 Å². The molecule has 0 radical (unpaired) electrons. The molecular weight excluding hydrogens is 476 g/mol. The molecule has 2 aromatic carbocycles. The van der Waals surface area contributed by atoms with Gasteiger partial charge < -0.3 is 20.5 Å². The summed E-state index contributed by atoms with van der Waals surface area (Å²) in [6.45, 7) is 7.46. The second kappa shape index (κ2) is 15.1. The highest BCUT2D eigenvalue weighted by Gasteiger charge is 2.25. The van der Waals surface area contributed by atoms with Gasteiger partial charge in [-0.3, -0.25) is 9.69 Å². The monoisotopic (exact) mass is 517 g/mol. The third-order valence-corrected chi connectivity index (χ3v) is 6.73. The summed E-state index contributed by atoms with van der Waals surface area (Å²) in [6, 6.07) is 10.8. The number of aliphatic hydroxyl groups is 1. The van der Waals surface area contributed by atoms with Crippen LogP contribution in [0.1, 0.15) is 49.8 Å². The average Bonchev–Trinajstić information content (AvgIpc) is 2.87. The Morgan fingerprint density at radius 2 is 1.78 bits per heavy atom. The third kappa shape index (κ3) is 10.1. The van der Waals surface area contributed by atoms with E-state index in [4.69, 9.17) is 4.74 Å². The molecular formula is C29H41F2N3O3. The third-order valence-electron chi connectivity index (χ3n) is 6.73. The lowest BCUT2D eigenvalue weighted by Crippen LogP contribution is -2.52. The van der Waals surface area contributed by atoms with E-state index in [-0.39, 0.29) is 31.5 Å². The molecule has 1 saturated heterocycles. The van der Waals surface area contributed by atoms with Gasteiger partial charge in [-0.25, -0.2) is 8.78 Å². The first-order valence-electron chi connectivity index (χ1n) is 13.4. The second-order valence-electron chi connectivity index (χ2n) is 9.87. The van der Waals surface area contributed by atoms with Crippen LogP contribution in [0.5, 0.6) is 0 Å². The van der Waals surface area contributed by atoms with Crippen molar-refractivity contribution in [3.8, 4) is 0 Å². The number of amides is 1. The van der Waals surface area contributed by atoms with E-state index < -0.39 is 23.8 Å². The van der Waals surface area contributed by atoms with Crippen LogP contribution in [-0.2, 0) is 28.9 Å². The number of piperidine rings is 1. The Morgan fingerprint density at radius 3 is 2.46 bits per heavy atom. The molecule has 2 atom stereocenters. The molecule has 8 heteroatoms. The van der Waals surface area contributed by atoms with Gasteiger partial charge in [0.05, 0.1) is 24.8 Å². The van der Waals surface area contributed by atoms with Gasteiger partial charge in [0.1, 0.15) is 11.6 Å². The van der Waals surface area contributed by atoms with Crippen molar-refractivity contribution in [3.05, 3.63) is 70.8 Å². The van der Waals surface area contributed by atoms with Gasteiger partial charge >= 0.3 is 0 Å². The fourth-order valence-electron chi connectivity index (χ4n) is 4.71. The van der Waals surface area contributed by atoms with E-state index in [9.17, 15) is 18.7 Å². The SMILES string of the molecule is CCCOC1CCN(CC(=O)N[C@@H](Cc2cc(F)cc(F)c2)[C@H](O)CNCc2cccc(CC)c2)CC1. The number of carbonyl (C=O) groups excluding carboxylic acids is 1. The number of halogens is 2. The molecule has 37 heavy (non-hydrogen) atoms. The Balaban J connectivity index is 1.57. The number of nitrogens with zero attached hydrogens (tertiary/aromatic N) is 1. The first kappa shape index (κ1) is 29.2. The molecule has 6 nitrogen and oxygen atoms in total. The highest BCUT2D eigenvalue weighted by atomic mass is 19.1. The van der Waals surface area contributed by atoms with Crippen LogP contribution in [-0.4, -0.2) is 66.9 Å². The van der Waals surface area contributed by atoms with Crippen molar-refractivity contribution < 1.29 is 23.4 Å². The zero-order valence-electron chi connectivity index (χ0n) is 22.0. The van der Waals surface area contributed by atoms with Crippen LogP contribution < -0.4 is 10.6 Å². The van der Waals surface area contributed by atoms with Gasteiger partial charge in [0.15, 0.2) is 0 Å². The zero-order chi connectivity index (χ0) is 26.6. The summed E-state index contributed by atoms with van der Waals surface area (Å²) in [4.78, 5) is 15.0. The maximum atomic E-state index is 13.8. The molecule has 1 aliphatic heterocycles. The summed E-state index contributed by atoms with van der Waals surface area (Å²) in [6.07, 6.45) is 3.09. The fraction of sp³-hybridized carbons (Fsp3) is 0.552. The van der Waals surface area contributed by atoms with Crippen LogP contribution >= 0.6 is 0 Å². The Bertz CT molecular complexity index is 962. The largest absolute Gasteiger partial charge is 0.390 e. The lowest BCUT2D eigenvalue weighted by Gasteiger charge is -2.32. The Hall–Kier alpha value is -2.39. The van der Waals surface area contributed by atoms with Crippen LogP contribution in [0.2, 0.25) is 0 Å². The number of likely N-dealkylation sites (tertiary alicyclic amines) is 1. The quantitative estimate of drug-likeness (QED) is 0.357. The summed E-state index contributed by atoms with van der Waals surface area (Å²) in [5.74, 6) is -1.59. The molecule has 0 aliphatic carbocycles. The van der Waals surface area contributed by atoms with Gasteiger partial charge in [-0.15, -0.1) is 0 Å². The zero-order valence-corrected chi connectivity index (χ0v) is 22.0. The molecule has 0 unspecified atom stereocenters. The summed E-state index contributed by atoms with van der Waals surface area (Å²) in [5.41, 5.74) is 2.72. The molecule has 0 bridgehead atoms. The Kier molecular flexibility index (Phi) is 11.9. The summed E-state index contributed by atoms with van der Waals surface area (Å²) < 4.78 is 33.4. The van der Waals surface area contributed by atoms with Crippen molar-refractivity contribution in [1.29, 1.82) is 0 Å². The van der Waals surface area contributed by atoms with E-state index in [1.54, 1.807) is 0 Å². The average molecular weight is 518 g/mol. The van der Waals surface area contributed by atoms with Crippen LogP contribution in [0.25, 0.3) is 0 Å². The normalized spacial score (nSPS) is 16.5. The van der Waals surface area contributed by atoms with Crippen molar-refractivity contribution in [2.75, 3.05) is 32.8 Å². The van der Waals surface area contributed by atoms with Crippen molar-refractivity contribution in [2.45, 2.75) is 70.7 Å². The van der Waals surface area contributed by atoms with E-state index in [0.29, 0.717) is 12.1 Å². The number of nitrogens with one attached hydrogen (secondary N) is 2. The Labute approximate surface area is 219 Å². The van der Waals surface area contributed by atoms with Crippen molar-refractivity contribution >= 4 is 5.91 Å². The minimum Gasteiger partial charge on any atom is -0.390 e. The van der Waals surface area contributed by atoms with Gasteiger partial charge in [-0.2, -0.15) is 0 Å². The van der Waals surface area contributed by atoms with E-state index in [1.165, 1.54) is 17.7 Å². The predicted molar refractivity (Wildman–Crippen MR) is 141 cm³/mol. The van der Waals surface area contributed by atoms with Gasteiger partial charge in [-0.05, 0) is 60.9 Å². The van der Waals surface area contributed by atoms with E-state index in [2.05, 4.69) is 41.5 Å². The molecule has 1 aliphatic rings. The number of benzene rings is 2. The molecule has 3 rings (SSSR count). The van der Waals surface area contributed by atoms with Crippen LogP contribution in [0.3, 0.4) is 0 Å². The van der Waals surface area contributed by atoms with Crippen LogP contribution in [0, 0.1) is 11.6 Å². The fourth-order valence-corrected chi connectivity index (χ4v) is 4.71. The smallest absolute Gasteiger partial charge is 0.234 e. The topological polar surface area (TPSA) is 73.8 Å². The molecule has 2 aromatic rings. The predicted octanol–water partition coefficient (Wildman–Crippen LogP) is 3.60. The van der Waals surface area contributed by atoms with Crippen LogP contribution in [0.15, 0.2) is 42.5 Å². The van der Waals surface area contributed by atoms with Crippen molar-refractivity contribution in [1.82, 2.24) is 15.5 Å². The Morgan fingerprint density at radius 1 is 1.08 bits per heavy atom. The molecule has 1 amide bonds. The van der Waals surface area contributed by atoms with E-state index in [1.807, 2.05) is 12.1 Å². The molecule has 1 heterocycles. The van der Waals surface area contributed by atoms with Gasteiger partial charge in [-0.1, -0.05) is 38.1 Å². The second-order valence-corrected chi connectivity index (χ2v) is 9.87. The number of hydrogen-bond donors (Lipinski definition) is 3. The number of ether oxygens (including phenoxy) is 1. The van der Waals surface area contributed by atoms with Gasteiger partial charge in [0.2, 0.25) is 5.91 Å².